The molecule has 40 heavy (non-hydrogen) atoms. The lowest BCUT2D eigenvalue weighted by Crippen LogP contribution is -2.52. The smallest absolute Gasteiger partial charge is 0.242 e. The molecule has 1 aliphatic rings. The van der Waals surface area contributed by atoms with Crippen LogP contribution in [0.3, 0.4) is 0 Å². The summed E-state index contributed by atoms with van der Waals surface area (Å²) in [4.78, 5) is 9.81. The summed E-state index contributed by atoms with van der Waals surface area (Å²) in [6.07, 6.45) is 15.5. The molecule has 1 aromatic rings. The number of nitrogens with one attached hydrogen (secondary N) is 2. The molecule has 3 N–H and O–H groups in total. The number of thioether (sulfide) groups is 1. The van der Waals surface area contributed by atoms with Crippen molar-refractivity contribution >= 4 is 40.5 Å². The van der Waals surface area contributed by atoms with Crippen molar-refractivity contribution < 1.29 is 5.11 Å². The molecule has 1 heterocycles. The number of amidine groups is 1. The zero-order chi connectivity index (χ0) is 29.6. The van der Waals surface area contributed by atoms with Gasteiger partial charge >= 0.3 is 0 Å². The molecule has 0 saturated heterocycles. The summed E-state index contributed by atoms with van der Waals surface area (Å²) in [5.41, 5.74) is 9.03. The van der Waals surface area contributed by atoms with E-state index in [2.05, 4.69) is 66.2 Å². The van der Waals surface area contributed by atoms with Crippen molar-refractivity contribution in [3.63, 3.8) is 0 Å². The van der Waals surface area contributed by atoms with Crippen molar-refractivity contribution in [1.29, 1.82) is 0 Å². The van der Waals surface area contributed by atoms with Crippen molar-refractivity contribution in [2.75, 3.05) is 11.5 Å². The van der Waals surface area contributed by atoms with Gasteiger partial charge in [0.2, 0.25) is 5.96 Å². The van der Waals surface area contributed by atoms with Gasteiger partial charge in [0.15, 0.2) is 5.17 Å². The Hall–Kier alpha value is -1.38. The minimum absolute atomic E-state index is 0.206. The van der Waals surface area contributed by atoms with Gasteiger partial charge in [-0.05, 0) is 47.8 Å². The highest BCUT2D eigenvalue weighted by Crippen LogP contribution is 2.41. The fourth-order valence-electron chi connectivity index (χ4n) is 4.57. The number of guanidine groups is 1. The van der Waals surface area contributed by atoms with Gasteiger partial charge in [0.1, 0.15) is 5.75 Å². The Morgan fingerprint density at radius 3 is 1.77 bits per heavy atom. The molecule has 0 radical (unpaired) electrons. The molecular weight excluding hydrogens is 535 g/mol. The molecule has 0 fully saturated rings. The van der Waals surface area contributed by atoms with Crippen LogP contribution in [0, 0.1) is 0 Å². The molecule has 228 valence electrons. The van der Waals surface area contributed by atoms with Crippen LogP contribution in [0.2, 0.25) is 0 Å². The lowest BCUT2D eigenvalue weighted by atomic mass is 9.79. The van der Waals surface area contributed by atoms with Crippen LogP contribution in [0.5, 0.6) is 5.75 Å². The Morgan fingerprint density at radius 1 is 0.750 bits per heavy atom. The molecule has 6 nitrogen and oxygen atoms in total. The van der Waals surface area contributed by atoms with Crippen LogP contribution >= 0.6 is 23.7 Å². The standard InChI is InChI=1S/C32H57N5OS2/c1-9-11-13-15-17-19-21-39-30-34-29(35-37(36-30)40-22-20-18-16-14-12-10-2)33-25-23-26(31(3,4)5)28(38)27(24-25)32(6,7)8/h23-24,38H,9-22H2,1-8H3,(H2,33,34,35,36). The maximum atomic E-state index is 11.1. The van der Waals surface area contributed by atoms with Crippen LogP contribution in [0.4, 0.5) is 5.69 Å². The maximum absolute atomic E-state index is 11.1. The van der Waals surface area contributed by atoms with Gasteiger partial charge in [0.25, 0.3) is 0 Å². The predicted molar refractivity (Wildman–Crippen MR) is 180 cm³/mol. The molecule has 8 heteroatoms. The molecule has 0 amide bonds. The van der Waals surface area contributed by atoms with Crippen molar-refractivity contribution in [3.05, 3.63) is 23.3 Å². The van der Waals surface area contributed by atoms with E-state index in [0.29, 0.717) is 11.7 Å². The highest BCUT2D eigenvalue weighted by atomic mass is 32.2. The van der Waals surface area contributed by atoms with E-state index in [1.807, 2.05) is 16.7 Å². The van der Waals surface area contributed by atoms with Gasteiger partial charge < -0.3 is 5.11 Å². The van der Waals surface area contributed by atoms with Crippen molar-refractivity contribution in [2.24, 2.45) is 9.98 Å². The average molecular weight is 592 g/mol. The van der Waals surface area contributed by atoms with E-state index < -0.39 is 0 Å². The molecule has 0 spiro atoms. The van der Waals surface area contributed by atoms with Crippen LogP contribution in [-0.4, -0.2) is 32.3 Å². The Labute approximate surface area is 254 Å². The van der Waals surface area contributed by atoms with E-state index in [0.717, 1.165) is 33.5 Å². The summed E-state index contributed by atoms with van der Waals surface area (Å²) in [7, 11) is 0. The van der Waals surface area contributed by atoms with E-state index in [1.54, 1.807) is 23.7 Å². The van der Waals surface area contributed by atoms with Gasteiger partial charge in [0, 0.05) is 22.6 Å². The lowest BCUT2D eigenvalue weighted by molar-refractivity contribution is 0.378. The molecule has 0 aromatic heterocycles. The fraction of sp³-hybridized carbons (Fsp3) is 0.750. The molecule has 0 unspecified atom stereocenters. The van der Waals surface area contributed by atoms with Gasteiger partial charge in [-0.2, -0.15) is 4.99 Å². The SMILES string of the molecule is CCCCCCCCSC1=NC(=Nc2cc(C(C)(C)C)c(O)c(C(C)(C)C)c2)NN(SCCCCCCCC)N1. The topological polar surface area (TPSA) is 72.2 Å². The third-order valence-electron chi connectivity index (χ3n) is 7.01. The number of hydrazine groups is 2. The van der Waals surface area contributed by atoms with Gasteiger partial charge in [-0.3, -0.25) is 10.9 Å². The summed E-state index contributed by atoms with van der Waals surface area (Å²) in [6, 6.07) is 4.02. The van der Waals surface area contributed by atoms with E-state index >= 15 is 0 Å². The van der Waals surface area contributed by atoms with Gasteiger partial charge in [0.05, 0.1) is 5.69 Å². The molecule has 0 atom stereocenters. The van der Waals surface area contributed by atoms with Crippen LogP contribution in [0.25, 0.3) is 0 Å². The second kappa shape index (κ2) is 17.5. The van der Waals surface area contributed by atoms with E-state index in [4.69, 9.17) is 9.98 Å². The number of benzene rings is 1. The molecule has 0 bridgehead atoms. The minimum Gasteiger partial charge on any atom is -0.507 e. The summed E-state index contributed by atoms with van der Waals surface area (Å²) < 4.78 is 1.97. The first kappa shape index (κ1) is 34.8. The number of rotatable bonds is 16. The van der Waals surface area contributed by atoms with Crippen molar-refractivity contribution in [2.45, 2.75) is 143 Å². The molecule has 2 rings (SSSR count). The number of phenols is 1. The van der Waals surface area contributed by atoms with Crippen molar-refractivity contribution in [3.8, 4) is 5.75 Å². The highest BCUT2D eigenvalue weighted by Gasteiger charge is 2.27. The lowest BCUT2D eigenvalue weighted by Gasteiger charge is -2.29. The number of unbranched alkanes of at least 4 members (excludes halogenated alkanes) is 10. The number of hydrogen-bond acceptors (Lipinski definition) is 6. The number of aliphatic imine (C=N–C) groups is 2. The Morgan fingerprint density at radius 2 is 1.25 bits per heavy atom. The third kappa shape index (κ3) is 12.6. The van der Waals surface area contributed by atoms with Crippen LogP contribution < -0.4 is 10.9 Å². The van der Waals surface area contributed by atoms with E-state index in [9.17, 15) is 5.11 Å². The minimum atomic E-state index is -0.206. The zero-order valence-electron chi connectivity index (χ0n) is 26.7. The summed E-state index contributed by atoms with van der Waals surface area (Å²) in [5.74, 6) is 3.03. The second-order valence-corrected chi connectivity index (χ2v) is 15.1. The normalized spacial score (nSPS) is 15.7. The zero-order valence-corrected chi connectivity index (χ0v) is 28.3. The fourth-order valence-corrected chi connectivity index (χ4v) is 6.29. The van der Waals surface area contributed by atoms with Gasteiger partial charge in [-0.25, -0.2) is 4.99 Å². The summed E-state index contributed by atoms with van der Waals surface area (Å²) >= 11 is 3.52. The average Bonchev–Trinajstić information content (AvgIpc) is 2.87. The monoisotopic (exact) mass is 591 g/mol. The summed E-state index contributed by atoms with van der Waals surface area (Å²) in [6.45, 7) is 17.3. The van der Waals surface area contributed by atoms with Gasteiger partial charge in [-0.15, -0.1) is 0 Å². The molecule has 1 aromatic carbocycles. The molecule has 0 saturated carbocycles. The maximum Gasteiger partial charge on any atom is 0.242 e. The first-order chi connectivity index (χ1) is 19.0. The first-order valence-corrected chi connectivity index (χ1v) is 17.5. The van der Waals surface area contributed by atoms with Crippen LogP contribution in [0.15, 0.2) is 22.1 Å². The summed E-state index contributed by atoms with van der Waals surface area (Å²) in [5, 5.41) is 12.0. The van der Waals surface area contributed by atoms with Crippen LogP contribution in [0.1, 0.15) is 144 Å². The quantitative estimate of drug-likeness (QED) is 0.131. The van der Waals surface area contributed by atoms with E-state index in [-0.39, 0.29) is 10.8 Å². The Kier molecular flexibility index (Phi) is 15.3. The third-order valence-corrected chi connectivity index (χ3v) is 8.87. The highest BCUT2D eigenvalue weighted by molar-refractivity contribution is 8.13. The Balaban J connectivity index is 2.20. The Bertz CT molecular complexity index is 915. The predicted octanol–water partition coefficient (Wildman–Crippen LogP) is 9.76. The number of nitrogens with zero attached hydrogens (tertiary/aromatic N) is 3. The van der Waals surface area contributed by atoms with Crippen LogP contribution in [-0.2, 0) is 10.8 Å². The molecular formula is C32H57N5OS2. The van der Waals surface area contributed by atoms with Crippen molar-refractivity contribution in [1.82, 2.24) is 15.4 Å². The first-order valence-electron chi connectivity index (χ1n) is 15.6. The van der Waals surface area contributed by atoms with E-state index in [1.165, 1.54) is 77.0 Å². The number of phenolic OH excluding ortho intramolecular Hbond substituents is 1. The van der Waals surface area contributed by atoms with Gasteiger partial charge in [-0.1, -0.05) is 136 Å². The molecule has 1 aliphatic heterocycles. The second-order valence-electron chi connectivity index (χ2n) is 13.0. The number of hydrogen-bond donors (Lipinski definition) is 3. The number of aromatic hydroxyl groups is 1. The molecule has 0 aliphatic carbocycles. The largest absolute Gasteiger partial charge is 0.507 e.